The molecule has 6 heteroatoms. The van der Waals surface area contributed by atoms with Crippen molar-refractivity contribution in [3.8, 4) is 6.07 Å². The van der Waals surface area contributed by atoms with Crippen molar-refractivity contribution in [2.75, 3.05) is 18.0 Å². The van der Waals surface area contributed by atoms with Gasteiger partial charge in [-0.05, 0) is 31.0 Å². The number of amides is 2. The summed E-state index contributed by atoms with van der Waals surface area (Å²) in [5.41, 5.74) is 1.83. The molecule has 104 valence electrons. The molecule has 0 radical (unpaired) electrons. The molecule has 2 amide bonds. The molecule has 2 fully saturated rings. The first-order valence-electron chi connectivity index (χ1n) is 6.50. The third-order valence-electron chi connectivity index (χ3n) is 4.13. The summed E-state index contributed by atoms with van der Waals surface area (Å²) in [4.78, 5) is 15.7. The number of urea groups is 1. The number of hydrogen-bond acceptors (Lipinski definition) is 3. The van der Waals surface area contributed by atoms with Gasteiger partial charge in [-0.25, -0.2) is 4.79 Å². The molecular formula is C14H14ClN3O2. The Morgan fingerprint density at radius 2 is 2.25 bits per heavy atom. The molecule has 0 spiro atoms. The van der Waals surface area contributed by atoms with Crippen molar-refractivity contribution in [1.29, 1.82) is 5.26 Å². The summed E-state index contributed by atoms with van der Waals surface area (Å²) < 4.78 is 0. The van der Waals surface area contributed by atoms with E-state index in [1.54, 1.807) is 28.9 Å². The molecule has 20 heavy (non-hydrogen) atoms. The van der Waals surface area contributed by atoms with Gasteiger partial charge in [-0.2, -0.15) is 5.26 Å². The number of nitriles is 1. The van der Waals surface area contributed by atoms with Gasteiger partial charge in [0.2, 0.25) is 0 Å². The number of aliphatic hydroxyl groups excluding tert-OH is 1. The Morgan fingerprint density at radius 3 is 2.90 bits per heavy atom. The third-order valence-corrected chi connectivity index (χ3v) is 4.61. The van der Waals surface area contributed by atoms with Gasteiger partial charge in [0.1, 0.15) is 6.07 Å². The number of hydrogen-bond donors (Lipinski definition) is 1. The molecule has 3 rings (SSSR count). The van der Waals surface area contributed by atoms with E-state index in [-0.39, 0.29) is 12.1 Å². The highest BCUT2D eigenvalue weighted by atomic mass is 35.5. The van der Waals surface area contributed by atoms with Gasteiger partial charge in [-0.15, -0.1) is 0 Å². The summed E-state index contributed by atoms with van der Waals surface area (Å²) in [5, 5.41) is 19.2. The Hall–Kier alpha value is -1.77. The van der Waals surface area contributed by atoms with Gasteiger partial charge in [0, 0.05) is 12.2 Å². The van der Waals surface area contributed by atoms with Crippen LogP contribution in [-0.4, -0.2) is 41.3 Å². The Labute approximate surface area is 122 Å². The van der Waals surface area contributed by atoms with E-state index in [9.17, 15) is 9.90 Å². The number of carbonyl (C=O) groups excluding carboxylic acids is 1. The quantitative estimate of drug-likeness (QED) is 0.859. The average molecular weight is 292 g/mol. The highest BCUT2D eigenvalue weighted by Gasteiger charge is 2.45. The Kier molecular flexibility index (Phi) is 3.08. The molecule has 0 saturated carbocycles. The Bertz CT molecular complexity index is 626. The maximum atomic E-state index is 12.4. The van der Waals surface area contributed by atoms with E-state index in [1.807, 2.05) is 6.07 Å². The summed E-state index contributed by atoms with van der Waals surface area (Å²) in [5.74, 6) is 0. The topological polar surface area (TPSA) is 67.6 Å². The van der Waals surface area contributed by atoms with Gasteiger partial charge in [0.25, 0.3) is 0 Å². The fraction of sp³-hybridized carbons (Fsp3) is 0.429. The number of anilines is 1. The number of halogens is 1. The number of benzene rings is 1. The van der Waals surface area contributed by atoms with Crippen molar-refractivity contribution in [2.45, 2.75) is 25.5 Å². The average Bonchev–Trinajstić information content (AvgIpc) is 2.95. The van der Waals surface area contributed by atoms with Crippen molar-refractivity contribution in [3.05, 3.63) is 28.3 Å². The molecule has 1 aromatic carbocycles. The maximum absolute atomic E-state index is 12.4. The number of nitrogens with zero attached hydrogens (tertiary/aromatic N) is 3. The van der Waals surface area contributed by atoms with Crippen LogP contribution in [0.2, 0.25) is 5.02 Å². The van der Waals surface area contributed by atoms with Crippen LogP contribution in [0, 0.1) is 18.3 Å². The van der Waals surface area contributed by atoms with Crippen molar-refractivity contribution in [1.82, 2.24) is 4.90 Å². The van der Waals surface area contributed by atoms with E-state index < -0.39 is 6.10 Å². The van der Waals surface area contributed by atoms with Crippen LogP contribution in [0.5, 0.6) is 0 Å². The monoisotopic (exact) mass is 291 g/mol. The highest BCUT2D eigenvalue weighted by molar-refractivity contribution is 6.33. The molecule has 0 unspecified atom stereocenters. The number of carbonyl (C=O) groups is 1. The van der Waals surface area contributed by atoms with E-state index >= 15 is 0 Å². The fourth-order valence-corrected chi connectivity index (χ4v) is 3.17. The smallest absolute Gasteiger partial charge is 0.324 e. The van der Waals surface area contributed by atoms with Crippen LogP contribution in [-0.2, 0) is 0 Å². The molecule has 1 aromatic rings. The number of aliphatic hydroxyl groups is 1. The molecule has 2 atom stereocenters. The summed E-state index contributed by atoms with van der Waals surface area (Å²) in [6.45, 7) is 2.85. The number of fused-ring (bicyclic) bond motifs is 1. The Morgan fingerprint density at radius 1 is 1.50 bits per heavy atom. The molecular weight excluding hydrogens is 278 g/mol. The van der Waals surface area contributed by atoms with Crippen LogP contribution < -0.4 is 4.90 Å². The lowest BCUT2D eigenvalue weighted by molar-refractivity contribution is 0.144. The zero-order valence-corrected chi connectivity index (χ0v) is 11.8. The maximum Gasteiger partial charge on any atom is 0.324 e. The molecule has 2 saturated heterocycles. The van der Waals surface area contributed by atoms with Gasteiger partial charge >= 0.3 is 6.03 Å². The Balaban J connectivity index is 1.98. The van der Waals surface area contributed by atoms with Crippen molar-refractivity contribution >= 4 is 23.3 Å². The van der Waals surface area contributed by atoms with E-state index in [2.05, 4.69) is 0 Å². The molecule has 0 aromatic heterocycles. The van der Waals surface area contributed by atoms with Crippen LogP contribution in [0.4, 0.5) is 10.5 Å². The molecule has 1 N–H and O–H groups in total. The van der Waals surface area contributed by atoms with E-state index in [1.165, 1.54) is 0 Å². The minimum absolute atomic E-state index is 0.101. The standard InChI is InChI=1S/C14H14ClN3O2/c1-8-10(3-2-9(6-16)13(8)15)18-7-11-12(19)4-5-17(11)14(18)20/h2-3,11-12,19H,4-5,7H2,1H3/t11-,12+/m1/s1. The minimum Gasteiger partial charge on any atom is -0.391 e. The zero-order chi connectivity index (χ0) is 14.4. The second kappa shape index (κ2) is 4.65. The predicted molar refractivity (Wildman–Crippen MR) is 74.8 cm³/mol. The van der Waals surface area contributed by atoms with Crippen LogP contribution >= 0.6 is 11.6 Å². The molecule has 2 aliphatic rings. The van der Waals surface area contributed by atoms with Crippen molar-refractivity contribution in [2.24, 2.45) is 0 Å². The van der Waals surface area contributed by atoms with Crippen molar-refractivity contribution < 1.29 is 9.90 Å². The van der Waals surface area contributed by atoms with Crippen LogP contribution in [0.25, 0.3) is 0 Å². The van der Waals surface area contributed by atoms with Gasteiger partial charge in [0.05, 0.1) is 29.3 Å². The van der Waals surface area contributed by atoms with Crippen molar-refractivity contribution in [3.63, 3.8) is 0 Å². The first-order valence-corrected chi connectivity index (χ1v) is 6.87. The SMILES string of the molecule is Cc1c(N2C[C@@H]3[C@@H](O)CCN3C2=O)ccc(C#N)c1Cl. The molecule has 5 nitrogen and oxygen atoms in total. The largest absolute Gasteiger partial charge is 0.391 e. The van der Waals surface area contributed by atoms with Gasteiger partial charge < -0.3 is 10.0 Å². The summed E-state index contributed by atoms with van der Waals surface area (Å²) in [6, 6.07) is 5.15. The molecule has 2 aliphatic heterocycles. The van der Waals surface area contributed by atoms with Gasteiger partial charge in [-0.1, -0.05) is 11.6 Å². The first-order chi connectivity index (χ1) is 9.54. The van der Waals surface area contributed by atoms with Crippen LogP contribution in [0.1, 0.15) is 17.5 Å². The van der Waals surface area contributed by atoms with E-state index in [4.69, 9.17) is 16.9 Å². The molecule has 0 bridgehead atoms. The highest BCUT2D eigenvalue weighted by Crippen LogP contribution is 2.35. The third kappa shape index (κ3) is 1.76. The first kappa shape index (κ1) is 13.2. The molecule has 0 aliphatic carbocycles. The normalized spacial score (nSPS) is 25.0. The lowest BCUT2D eigenvalue weighted by Crippen LogP contribution is -2.33. The van der Waals surface area contributed by atoms with E-state index in [0.717, 1.165) is 5.56 Å². The lowest BCUT2D eigenvalue weighted by atomic mass is 10.1. The number of rotatable bonds is 1. The van der Waals surface area contributed by atoms with Crippen LogP contribution in [0.15, 0.2) is 12.1 Å². The minimum atomic E-state index is -0.460. The van der Waals surface area contributed by atoms with Crippen LogP contribution in [0.3, 0.4) is 0 Å². The van der Waals surface area contributed by atoms with E-state index in [0.29, 0.717) is 35.8 Å². The molecule has 2 heterocycles. The summed E-state index contributed by atoms with van der Waals surface area (Å²) in [6.07, 6.45) is 0.176. The predicted octanol–water partition coefficient (Wildman–Crippen LogP) is 1.90. The fourth-order valence-electron chi connectivity index (χ4n) is 2.97. The lowest BCUT2D eigenvalue weighted by Gasteiger charge is -2.20. The van der Waals surface area contributed by atoms with Gasteiger partial charge in [0.15, 0.2) is 0 Å². The zero-order valence-electron chi connectivity index (χ0n) is 11.0. The second-order valence-corrected chi connectivity index (χ2v) is 5.57. The second-order valence-electron chi connectivity index (χ2n) is 5.19. The summed E-state index contributed by atoms with van der Waals surface area (Å²) in [7, 11) is 0. The van der Waals surface area contributed by atoms with Gasteiger partial charge in [-0.3, -0.25) is 4.90 Å². The summed E-state index contributed by atoms with van der Waals surface area (Å²) >= 11 is 6.15.